The number of benzene rings is 2. The zero-order valence-corrected chi connectivity index (χ0v) is 19.5. The fourth-order valence-electron chi connectivity index (χ4n) is 3.90. The molecule has 1 fully saturated rings. The molecule has 4 rings (SSSR count). The third kappa shape index (κ3) is 4.78. The number of anilines is 1. The van der Waals surface area contributed by atoms with E-state index in [2.05, 4.69) is 10.4 Å². The van der Waals surface area contributed by atoms with Gasteiger partial charge in [0.2, 0.25) is 15.9 Å². The standard InChI is InChI=1S/C23H22ClN5O3S/c1-16-13-22(29(27-16)20-7-4-6-19(24)14-20)26-23(30)17-9-11-28(12-10-17)33(31,32)21-8-3-2-5-18(21)15-25/h2-8,13-14,17H,9-12H2,1H3,(H,26,30). The van der Waals surface area contributed by atoms with Crippen LogP contribution < -0.4 is 5.32 Å². The molecule has 0 atom stereocenters. The summed E-state index contributed by atoms with van der Waals surface area (Å²) in [7, 11) is -3.80. The Labute approximate surface area is 197 Å². The van der Waals surface area contributed by atoms with Gasteiger partial charge in [-0.2, -0.15) is 14.7 Å². The van der Waals surface area contributed by atoms with E-state index in [0.29, 0.717) is 23.7 Å². The summed E-state index contributed by atoms with van der Waals surface area (Å²) in [5.41, 5.74) is 1.58. The number of piperidine rings is 1. The van der Waals surface area contributed by atoms with Crippen LogP contribution in [0.2, 0.25) is 5.02 Å². The fraction of sp³-hybridized carbons (Fsp3) is 0.261. The van der Waals surface area contributed by atoms with Crippen LogP contribution in [0.5, 0.6) is 0 Å². The van der Waals surface area contributed by atoms with Crippen molar-refractivity contribution >= 4 is 33.3 Å². The Morgan fingerprint density at radius 2 is 1.88 bits per heavy atom. The van der Waals surface area contributed by atoms with Crippen LogP contribution in [0, 0.1) is 24.2 Å². The lowest BCUT2D eigenvalue weighted by molar-refractivity contribution is -0.120. The molecule has 1 aliphatic rings. The summed E-state index contributed by atoms with van der Waals surface area (Å²) >= 11 is 6.10. The summed E-state index contributed by atoms with van der Waals surface area (Å²) in [5, 5.41) is 17.2. The second kappa shape index (κ2) is 9.35. The molecule has 170 valence electrons. The van der Waals surface area contributed by atoms with Crippen molar-refractivity contribution in [2.45, 2.75) is 24.7 Å². The number of carbonyl (C=O) groups is 1. The first-order valence-electron chi connectivity index (χ1n) is 10.4. The van der Waals surface area contributed by atoms with Crippen molar-refractivity contribution < 1.29 is 13.2 Å². The van der Waals surface area contributed by atoms with Crippen molar-refractivity contribution in [3.05, 3.63) is 70.9 Å². The molecule has 1 amide bonds. The number of hydrogen-bond acceptors (Lipinski definition) is 5. The van der Waals surface area contributed by atoms with Gasteiger partial charge in [0.1, 0.15) is 11.9 Å². The molecule has 1 aliphatic heterocycles. The van der Waals surface area contributed by atoms with Crippen molar-refractivity contribution in [1.29, 1.82) is 5.26 Å². The summed E-state index contributed by atoms with van der Waals surface area (Å²) in [6.07, 6.45) is 0.758. The molecule has 2 aromatic carbocycles. The normalized spacial score (nSPS) is 15.2. The van der Waals surface area contributed by atoms with Gasteiger partial charge in [0, 0.05) is 30.1 Å². The summed E-state index contributed by atoms with van der Waals surface area (Å²) in [4.78, 5) is 13.0. The molecule has 0 saturated carbocycles. The summed E-state index contributed by atoms with van der Waals surface area (Å²) in [6, 6.07) is 17.0. The average Bonchev–Trinajstić information content (AvgIpc) is 3.19. The molecule has 8 nitrogen and oxygen atoms in total. The maximum atomic E-state index is 13.0. The Morgan fingerprint density at radius 3 is 2.58 bits per heavy atom. The van der Waals surface area contributed by atoms with Crippen molar-refractivity contribution in [2.75, 3.05) is 18.4 Å². The third-order valence-corrected chi connectivity index (χ3v) is 7.78. The van der Waals surface area contributed by atoms with E-state index in [9.17, 15) is 18.5 Å². The van der Waals surface area contributed by atoms with Crippen LogP contribution in [0.1, 0.15) is 24.1 Å². The number of amides is 1. The molecule has 0 radical (unpaired) electrons. The summed E-state index contributed by atoms with van der Waals surface area (Å²) in [5.74, 6) is -0.00362. The van der Waals surface area contributed by atoms with E-state index in [1.165, 1.54) is 16.4 Å². The zero-order valence-electron chi connectivity index (χ0n) is 17.9. The van der Waals surface area contributed by atoms with Crippen molar-refractivity contribution in [3.8, 4) is 11.8 Å². The number of aryl methyl sites for hydroxylation is 1. The first-order chi connectivity index (χ1) is 15.8. The first kappa shape index (κ1) is 23.0. The minimum absolute atomic E-state index is 0.00343. The molecule has 10 heteroatoms. The number of aromatic nitrogens is 2. The van der Waals surface area contributed by atoms with Gasteiger partial charge in [0.05, 0.1) is 21.8 Å². The smallest absolute Gasteiger partial charge is 0.244 e. The number of halogens is 1. The van der Waals surface area contributed by atoms with Crippen LogP contribution in [0.15, 0.2) is 59.5 Å². The number of sulfonamides is 1. The molecule has 0 spiro atoms. The lowest BCUT2D eigenvalue weighted by Gasteiger charge is -2.30. The minimum atomic E-state index is -3.80. The number of nitrogens with one attached hydrogen (secondary N) is 1. The van der Waals surface area contributed by atoms with E-state index in [0.717, 1.165) is 11.4 Å². The van der Waals surface area contributed by atoms with Crippen LogP contribution in [0.25, 0.3) is 5.69 Å². The molecule has 0 bridgehead atoms. The Kier molecular flexibility index (Phi) is 6.51. The van der Waals surface area contributed by atoms with Gasteiger partial charge >= 0.3 is 0 Å². The quantitative estimate of drug-likeness (QED) is 0.594. The molecule has 2 heterocycles. The summed E-state index contributed by atoms with van der Waals surface area (Å²) in [6.45, 7) is 2.23. The molecule has 33 heavy (non-hydrogen) atoms. The van der Waals surface area contributed by atoms with E-state index < -0.39 is 10.0 Å². The molecule has 0 aliphatic carbocycles. The Balaban J connectivity index is 1.45. The van der Waals surface area contributed by atoms with Crippen LogP contribution in [-0.2, 0) is 14.8 Å². The maximum Gasteiger partial charge on any atom is 0.244 e. The van der Waals surface area contributed by atoms with E-state index >= 15 is 0 Å². The number of carbonyl (C=O) groups excluding carboxylic acids is 1. The SMILES string of the molecule is Cc1cc(NC(=O)C2CCN(S(=O)(=O)c3ccccc3C#N)CC2)n(-c2cccc(Cl)c2)n1. The lowest BCUT2D eigenvalue weighted by Crippen LogP contribution is -2.41. The topological polar surface area (TPSA) is 108 Å². The molecular formula is C23H22ClN5O3S. The van der Waals surface area contributed by atoms with Crippen molar-refractivity contribution in [2.24, 2.45) is 5.92 Å². The molecular weight excluding hydrogens is 462 g/mol. The largest absolute Gasteiger partial charge is 0.310 e. The van der Waals surface area contributed by atoms with E-state index in [4.69, 9.17) is 11.6 Å². The van der Waals surface area contributed by atoms with Gasteiger partial charge in [-0.15, -0.1) is 0 Å². The van der Waals surface area contributed by atoms with Crippen LogP contribution in [-0.4, -0.2) is 41.5 Å². The fourth-order valence-corrected chi connectivity index (χ4v) is 5.70. The minimum Gasteiger partial charge on any atom is -0.310 e. The molecule has 1 aromatic heterocycles. The first-order valence-corrected chi connectivity index (χ1v) is 12.2. The second-order valence-electron chi connectivity index (χ2n) is 7.84. The molecule has 3 aromatic rings. The lowest BCUT2D eigenvalue weighted by atomic mass is 9.97. The van der Waals surface area contributed by atoms with Crippen LogP contribution in [0.3, 0.4) is 0 Å². The van der Waals surface area contributed by atoms with Gasteiger partial charge in [0.15, 0.2) is 0 Å². The number of rotatable bonds is 5. The third-order valence-electron chi connectivity index (χ3n) is 5.59. The van der Waals surface area contributed by atoms with Crippen LogP contribution in [0.4, 0.5) is 5.82 Å². The van der Waals surface area contributed by atoms with Crippen molar-refractivity contribution in [3.63, 3.8) is 0 Å². The highest BCUT2D eigenvalue weighted by atomic mass is 35.5. The highest BCUT2D eigenvalue weighted by Gasteiger charge is 2.33. The number of nitrogens with zero attached hydrogens (tertiary/aromatic N) is 4. The molecule has 1 N–H and O–H groups in total. The predicted molar refractivity (Wildman–Crippen MR) is 125 cm³/mol. The Bertz CT molecular complexity index is 1340. The monoisotopic (exact) mass is 483 g/mol. The zero-order chi connectivity index (χ0) is 23.6. The van der Waals surface area contributed by atoms with E-state index in [1.807, 2.05) is 19.1 Å². The van der Waals surface area contributed by atoms with E-state index in [1.54, 1.807) is 41.1 Å². The molecule has 1 saturated heterocycles. The van der Waals surface area contributed by atoms with Gasteiger partial charge in [-0.3, -0.25) is 4.79 Å². The second-order valence-corrected chi connectivity index (χ2v) is 10.2. The van der Waals surface area contributed by atoms with Gasteiger partial charge < -0.3 is 5.32 Å². The number of hydrogen-bond donors (Lipinski definition) is 1. The van der Waals surface area contributed by atoms with E-state index in [-0.39, 0.29) is 35.4 Å². The Hall–Kier alpha value is -3.19. The predicted octanol–water partition coefficient (Wildman–Crippen LogP) is 3.75. The Morgan fingerprint density at radius 1 is 1.15 bits per heavy atom. The maximum absolute atomic E-state index is 13.0. The van der Waals surface area contributed by atoms with Gasteiger partial charge in [-0.25, -0.2) is 13.1 Å². The highest BCUT2D eigenvalue weighted by Crippen LogP contribution is 2.27. The number of nitriles is 1. The summed E-state index contributed by atoms with van der Waals surface area (Å²) < 4.78 is 29.0. The highest BCUT2D eigenvalue weighted by molar-refractivity contribution is 7.89. The van der Waals surface area contributed by atoms with Crippen LogP contribution >= 0.6 is 11.6 Å². The molecule has 0 unspecified atom stereocenters. The average molecular weight is 484 g/mol. The van der Waals surface area contributed by atoms with Crippen molar-refractivity contribution in [1.82, 2.24) is 14.1 Å². The van der Waals surface area contributed by atoms with Gasteiger partial charge in [-0.1, -0.05) is 29.8 Å². The van der Waals surface area contributed by atoms with Gasteiger partial charge in [0.25, 0.3) is 0 Å². The van der Waals surface area contributed by atoms with Gasteiger partial charge in [-0.05, 0) is 50.1 Å².